The molecule has 1 aromatic rings. The van der Waals surface area contributed by atoms with Gasteiger partial charge in [0.2, 0.25) is 5.91 Å². The summed E-state index contributed by atoms with van der Waals surface area (Å²) >= 11 is 5.07. The summed E-state index contributed by atoms with van der Waals surface area (Å²) in [5, 5.41) is 4.17. The number of hydrogen-bond acceptors (Lipinski definition) is 4. The van der Waals surface area contributed by atoms with Gasteiger partial charge in [0.25, 0.3) is 0 Å². The van der Waals surface area contributed by atoms with Crippen molar-refractivity contribution in [1.82, 2.24) is 10.3 Å². The molecule has 0 fully saturated rings. The molecule has 0 saturated heterocycles. The summed E-state index contributed by atoms with van der Waals surface area (Å²) in [7, 11) is 0. The van der Waals surface area contributed by atoms with Gasteiger partial charge in [0.15, 0.2) is 0 Å². The number of carbonyl (C=O) groups is 1. The van der Waals surface area contributed by atoms with Gasteiger partial charge in [0, 0.05) is 22.5 Å². The third kappa shape index (κ3) is 5.12. The molecule has 0 aliphatic carbocycles. The first-order valence-corrected chi connectivity index (χ1v) is 7.94. The second-order valence-corrected chi connectivity index (χ2v) is 6.82. The van der Waals surface area contributed by atoms with Gasteiger partial charge < -0.3 is 11.1 Å². The van der Waals surface area contributed by atoms with Crippen molar-refractivity contribution < 1.29 is 4.79 Å². The zero-order valence-corrected chi connectivity index (χ0v) is 13.8. The highest BCUT2D eigenvalue weighted by Crippen LogP contribution is 2.26. The Morgan fingerprint density at radius 2 is 2.32 bits per heavy atom. The van der Waals surface area contributed by atoms with Crippen LogP contribution in [-0.2, 0) is 4.79 Å². The zero-order chi connectivity index (χ0) is 14.5. The van der Waals surface area contributed by atoms with Crippen molar-refractivity contribution in [3.05, 3.63) is 22.8 Å². The van der Waals surface area contributed by atoms with Crippen LogP contribution >= 0.6 is 27.7 Å². The third-order valence-corrected chi connectivity index (χ3v) is 4.63. The Bertz CT molecular complexity index is 442. The standard InChI is InChI=1S/C13H20BrN3OS/c1-9(2)17-13(3,12(15)18)6-8-19-11-10(14)5-4-7-16-11/h4-5,7,9,17H,6,8H2,1-3H3,(H2,15,18). The molecule has 0 aliphatic rings. The molecule has 1 heterocycles. The molecular formula is C13H20BrN3OS. The molecule has 0 aliphatic heterocycles. The number of nitrogens with zero attached hydrogens (tertiary/aromatic N) is 1. The number of nitrogens with two attached hydrogens (primary N) is 1. The maximum atomic E-state index is 11.6. The van der Waals surface area contributed by atoms with Crippen LogP contribution in [0.1, 0.15) is 27.2 Å². The smallest absolute Gasteiger partial charge is 0.237 e. The van der Waals surface area contributed by atoms with Crippen molar-refractivity contribution in [3.63, 3.8) is 0 Å². The van der Waals surface area contributed by atoms with Gasteiger partial charge in [0.1, 0.15) is 5.03 Å². The van der Waals surface area contributed by atoms with Crippen LogP contribution in [0.15, 0.2) is 27.8 Å². The van der Waals surface area contributed by atoms with Crippen molar-refractivity contribution in [2.24, 2.45) is 5.73 Å². The van der Waals surface area contributed by atoms with E-state index in [9.17, 15) is 4.79 Å². The second-order valence-electron chi connectivity index (χ2n) is 4.88. The van der Waals surface area contributed by atoms with Crippen molar-refractivity contribution in [2.75, 3.05) is 5.75 Å². The van der Waals surface area contributed by atoms with E-state index in [1.807, 2.05) is 32.9 Å². The van der Waals surface area contributed by atoms with Gasteiger partial charge in [-0.25, -0.2) is 4.98 Å². The van der Waals surface area contributed by atoms with Gasteiger partial charge in [0.05, 0.1) is 5.54 Å². The number of halogens is 1. The number of carbonyl (C=O) groups excluding carboxylic acids is 1. The Morgan fingerprint density at radius 1 is 1.63 bits per heavy atom. The molecular weight excluding hydrogens is 326 g/mol. The fraction of sp³-hybridized carbons (Fsp3) is 0.538. The summed E-state index contributed by atoms with van der Waals surface area (Å²) in [6.45, 7) is 5.86. The number of aromatic nitrogens is 1. The number of primary amides is 1. The normalized spacial score (nSPS) is 14.4. The molecule has 4 nitrogen and oxygen atoms in total. The molecule has 1 aromatic heterocycles. The van der Waals surface area contributed by atoms with E-state index in [0.29, 0.717) is 6.42 Å². The lowest BCUT2D eigenvalue weighted by Crippen LogP contribution is -2.55. The Balaban J connectivity index is 2.58. The Kier molecular flexibility index (Phi) is 6.29. The largest absolute Gasteiger partial charge is 0.368 e. The predicted molar refractivity (Wildman–Crippen MR) is 83.1 cm³/mol. The topological polar surface area (TPSA) is 68.0 Å². The van der Waals surface area contributed by atoms with Crippen LogP contribution in [0.3, 0.4) is 0 Å². The SMILES string of the molecule is CC(C)NC(C)(CCSc1ncccc1Br)C(N)=O. The number of rotatable bonds is 7. The average Bonchev–Trinajstić information content (AvgIpc) is 2.30. The summed E-state index contributed by atoms with van der Waals surface area (Å²) < 4.78 is 0.970. The molecule has 1 rings (SSSR count). The molecule has 1 atom stereocenters. The van der Waals surface area contributed by atoms with E-state index in [2.05, 4.69) is 26.2 Å². The fourth-order valence-corrected chi connectivity index (χ4v) is 3.38. The van der Waals surface area contributed by atoms with Gasteiger partial charge in [-0.1, -0.05) is 0 Å². The first kappa shape index (κ1) is 16.5. The average molecular weight is 346 g/mol. The first-order valence-electron chi connectivity index (χ1n) is 6.16. The van der Waals surface area contributed by atoms with Gasteiger partial charge in [-0.05, 0) is 55.3 Å². The highest BCUT2D eigenvalue weighted by Gasteiger charge is 2.30. The molecule has 0 spiro atoms. The fourth-order valence-electron chi connectivity index (χ4n) is 1.73. The molecule has 1 amide bonds. The minimum absolute atomic E-state index is 0.212. The van der Waals surface area contributed by atoms with E-state index in [0.717, 1.165) is 15.3 Å². The van der Waals surface area contributed by atoms with E-state index in [4.69, 9.17) is 5.73 Å². The maximum absolute atomic E-state index is 11.6. The molecule has 106 valence electrons. The number of amides is 1. The number of thioether (sulfide) groups is 1. The number of hydrogen-bond donors (Lipinski definition) is 2. The van der Waals surface area contributed by atoms with E-state index in [1.54, 1.807) is 18.0 Å². The van der Waals surface area contributed by atoms with Crippen molar-refractivity contribution >= 4 is 33.6 Å². The van der Waals surface area contributed by atoms with Crippen LogP contribution in [0.2, 0.25) is 0 Å². The summed E-state index contributed by atoms with van der Waals surface area (Å²) in [5.74, 6) is 0.455. The zero-order valence-electron chi connectivity index (χ0n) is 11.4. The van der Waals surface area contributed by atoms with E-state index in [-0.39, 0.29) is 11.9 Å². The van der Waals surface area contributed by atoms with Gasteiger partial charge in [-0.2, -0.15) is 0 Å². The predicted octanol–water partition coefficient (Wildman–Crippen LogP) is 2.57. The van der Waals surface area contributed by atoms with Crippen molar-refractivity contribution in [1.29, 1.82) is 0 Å². The molecule has 6 heteroatoms. The van der Waals surface area contributed by atoms with Crippen LogP contribution in [0, 0.1) is 0 Å². The highest BCUT2D eigenvalue weighted by atomic mass is 79.9. The van der Waals surface area contributed by atoms with Crippen molar-refractivity contribution in [3.8, 4) is 0 Å². The Hall–Kier alpha value is -0.590. The van der Waals surface area contributed by atoms with Crippen LogP contribution in [0.25, 0.3) is 0 Å². The van der Waals surface area contributed by atoms with Gasteiger partial charge in [-0.3, -0.25) is 4.79 Å². The molecule has 0 radical (unpaired) electrons. The monoisotopic (exact) mass is 345 g/mol. The van der Waals surface area contributed by atoms with E-state index in [1.165, 1.54) is 0 Å². The van der Waals surface area contributed by atoms with E-state index < -0.39 is 5.54 Å². The molecule has 3 N–H and O–H groups in total. The van der Waals surface area contributed by atoms with Crippen LogP contribution in [0.5, 0.6) is 0 Å². The molecule has 0 bridgehead atoms. The number of nitrogens with one attached hydrogen (secondary N) is 1. The van der Waals surface area contributed by atoms with E-state index >= 15 is 0 Å². The van der Waals surface area contributed by atoms with Crippen LogP contribution in [-0.4, -0.2) is 28.2 Å². The summed E-state index contributed by atoms with van der Waals surface area (Å²) in [6, 6.07) is 4.04. The highest BCUT2D eigenvalue weighted by molar-refractivity contribution is 9.10. The van der Waals surface area contributed by atoms with Crippen LogP contribution < -0.4 is 11.1 Å². The minimum atomic E-state index is -0.678. The van der Waals surface area contributed by atoms with Crippen molar-refractivity contribution in [2.45, 2.75) is 43.8 Å². The summed E-state index contributed by atoms with van der Waals surface area (Å²) in [6.07, 6.45) is 2.42. The van der Waals surface area contributed by atoms with Gasteiger partial charge in [-0.15, -0.1) is 11.8 Å². The summed E-state index contributed by atoms with van der Waals surface area (Å²) in [4.78, 5) is 15.9. The molecule has 1 unspecified atom stereocenters. The summed E-state index contributed by atoms with van der Waals surface area (Å²) in [5.41, 5.74) is 4.81. The van der Waals surface area contributed by atoms with Crippen LogP contribution in [0.4, 0.5) is 0 Å². The lowest BCUT2D eigenvalue weighted by atomic mass is 9.97. The number of pyridine rings is 1. The lowest BCUT2D eigenvalue weighted by Gasteiger charge is -2.29. The Morgan fingerprint density at radius 3 is 2.84 bits per heavy atom. The van der Waals surface area contributed by atoms with Gasteiger partial charge >= 0.3 is 0 Å². The first-order chi connectivity index (χ1) is 8.85. The molecule has 19 heavy (non-hydrogen) atoms. The second kappa shape index (κ2) is 7.26. The molecule has 0 saturated carbocycles. The maximum Gasteiger partial charge on any atom is 0.237 e. The minimum Gasteiger partial charge on any atom is -0.368 e. The quantitative estimate of drug-likeness (QED) is 0.745. The molecule has 0 aromatic carbocycles. The Labute approximate surface area is 127 Å². The lowest BCUT2D eigenvalue weighted by molar-refractivity contribution is -0.124. The third-order valence-electron chi connectivity index (χ3n) is 2.72.